The van der Waals surface area contributed by atoms with Crippen molar-refractivity contribution in [3.8, 4) is 0 Å². The SMILES string of the molecule is Nc1ccc(Nc2ccc3sccc3c2)c2ccncc12. The molecule has 2 aromatic heterocycles. The number of hydrogen-bond acceptors (Lipinski definition) is 4. The van der Waals surface area contributed by atoms with Crippen LogP contribution >= 0.6 is 11.3 Å². The van der Waals surface area contributed by atoms with Gasteiger partial charge in [0.25, 0.3) is 0 Å². The summed E-state index contributed by atoms with van der Waals surface area (Å²) < 4.78 is 1.30. The molecule has 21 heavy (non-hydrogen) atoms. The molecule has 0 aliphatic rings. The number of hydrogen-bond donors (Lipinski definition) is 2. The molecule has 2 heterocycles. The molecule has 3 N–H and O–H groups in total. The second-order valence-corrected chi connectivity index (χ2v) is 5.87. The smallest absolute Gasteiger partial charge is 0.0466 e. The summed E-state index contributed by atoms with van der Waals surface area (Å²) >= 11 is 1.75. The van der Waals surface area contributed by atoms with Gasteiger partial charge in [0.05, 0.1) is 0 Å². The maximum Gasteiger partial charge on any atom is 0.0466 e. The van der Waals surface area contributed by atoms with E-state index in [0.717, 1.165) is 27.8 Å². The van der Waals surface area contributed by atoms with Gasteiger partial charge in [0, 0.05) is 44.9 Å². The Bertz CT molecular complexity index is 943. The maximum atomic E-state index is 6.01. The largest absolute Gasteiger partial charge is 0.398 e. The van der Waals surface area contributed by atoms with Crippen molar-refractivity contribution in [2.75, 3.05) is 11.1 Å². The zero-order valence-corrected chi connectivity index (χ0v) is 12.0. The van der Waals surface area contributed by atoms with Crippen molar-refractivity contribution in [2.45, 2.75) is 0 Å². The molecule has 0 aliphatic heterocycles. The standard InChI is InChI=1S/C17H13N3S/c18-15-2-3-16(13-5-7-19-10-14(13)15)20-12-1-4-17-11(9-12)6-8-21-17/h1-10,20H,18H2. The second kappa shape index (κ2) is 4.75. The zero-order chi connectivity index (χ0) is 14.2. The minimum atomic E-state index is 0.747. The first kappa shape index (κ1) is 12.2. The van der Waals surface area contributed by atoms with E-state index in [2.05, 4.69) is 39.9 Å². The molecule has 4 heteroatoms. The number of aromatic nitrogens is 1. The van der Waals surface area contributed by atoms with Crippen LogP contribution in [0.25, 0.3) is 20.9 Å². The third-order valence-electron chi connectivity index (χ3n) is 3.58. The molecule has 0 saturated carbocycles. The number of nitrogens with zero attached hydrogens (tertiary/aromatic N) is 1. The van der Waals surface area contributed by atoms with Gasteiger partial charge in [-0.2, -0.15) is 0 Å². The summed E-state index contributed by atoms with van der Waals surface area (Å²) in [7, 11) is 0. The average Bonchev–Trinajstić information content (AvgIpc) is 2.98. The molecule has 0 saturated heterocycles. The van der Waals surface area contributed by atoms with E-state index in [1.54, 1.807) is 23.7 Å². The lowest BCUT2D eigenvalue weighted by atomic mass is 10.1. The van der Waals surface area contributed by atoms with Crippen molar-refractivity contribution in [1.82, 2.24) is 4.98 Å². The van der Waals surface area contributed by atoms with Crippen LogP contribution in [-0.2, 0) is 0 Å². The van der Waals surface area contributed by atoms with Crippen LogP contribution < -0.4 is 11.1 Å². The van der Waals surface area contributed by atoms with E-state index in [4.69, 9.17) is 5.73 Å². The van der Waals surface area contributed by atoms with E-state index < -0.39 is 0 Å². The summed E-state index contributed by atoms with van der Waals surface area (Å²) in [6, 6.07) is 14.4. The van der Waals surface area contributed by atoms with Crippen LogP contribution in [0.5, 0.6) is 0 Å². The van der Waals surface area contributed by atoms with E-state index >= 15 is 0 Å². The van der Waals surface area contributed by atoms with E-state index in [9.17, 15) is 0 Å². The van der Waals surface area contributed by atoms with E-state index in [1.165, 1.54) is 10.1 Å². The van der Waals surface area contributed by atoms with Crippen molar-refractivity contribution < 1.29 is 0 Å². The molecule has 0 fully saturated rings. The molecule has 0 aliphatic carbocycles. The fourth-order valence-electron chi connectivity index (χ4n) is 2.52. The highest BCUT2D eigenvalue weighted by molar-refractivity contribution is 7.17. The van der Waals surface area contributed by atoms with Crippen LogP contribution in [0.4, 0.5) is 17.1 Å². The Kier molecular flexibility index (Phi) is 2.75. The van der Waals surface area contributed by atoms with Crippen LogP contribution in [0, 0.1) is 0 Å². The highest BCUT2D eigenvalue weighted by Crippen LogP contribution is 2.31. The van der Waals surface area contributed by atoms with Gasteiger partial charge in [-0.1, -0.05) is 0 Å². The maximum absolute atomic E-state index is 6.01. The van der Waals surface area contributed by atoms with Gasteiger partial charge in [-0.15, -0.1) is 11.3 Å². The topological polar surface area (TPSA) is 50.9 Å². The predicted molar refractivity (Wildman–Crippen MR) is 91.3 cm³/mol. The number of anilines is 3. The third-order valence-corrected chi connectivity index (χ3v) is 4.48. The van der Waals surface area contributed by atoms with E-state index in [0.29, 0.717) is 0 Å². The zero-order valence-electron chi connectivity index (χ0n) is 11.2. The molecule has 0 amide bonds. The number of benzene rings is 2. The van der Waals surface area contributed by atoms with Crippen molar-refractivity contribution in [2.24, 2.45) is 0 Å². The fourth-order valence-corrected chi connectivity index (χ4v) is 3.29. The Hall–Kier alpha value is -2.59. The van der Waals surface area contributed by atoms with Gasteiger partial charge < -0.3 is 11.1 Å². The molecule has 0 unspecified atom stereocenters. The third kappa shape index (κ3) is 2.10. The van der Waals surface area contributed by atoms with Gasteiger partial charge in [0.1, 0.15) is 0 Å². The lowest BCUT2D eigenvalue weighted by molar-refractivity contribution is 1.36. The second-order valence-electron chi connectivity index (χ2n) is 4.92. The first-order chi connectivity index (χ1) is 10.3. The molecular weight excluding hydrogens is 278 g/mol. The van der Waals surface area contributed by atoms with Crippen LogP contribution in [0.3, 0.4) is 0 Å². The Morgan fingerprint density at radius 2 is 1.95 bits per heavy atom. The van der Waals surface area contributed by atoms with Crippen LogP contribution in [0.15, 0.2) is 60.2 Å². The van der Waals surface area contributed by atoms with E-state index in [1.807, 2.05) is 18.2 Å². The summed E-state index contributed by atoms with van der Waals surface area (Å²) in [6.07, 6.45) is 3.59. The molecule has 102 valence electrons. The normalized spacial score (nSPS) is 11.0. The number of fused-ring (bicyclic) bond motifs is 2. The Morgan fingerprint density at radius 1 is 1.00 bits per heavy atom. The highest BCUT2D eigenvalue weighted by Gasteiger charge is 2.05. The predicted octanol–water partition coefficient (Wildman–Crippen LogP) is 4.78. The first-order valence-corrected chi connectivity index (χ1v) is 7.56. The summed E-state index contributed by atoms with van der Waals surface area (Å²) in [5.74, 6) is 0. The Balaban J connectivity index is 1.81. The van der Waals surface area contributed by atoms with Gasteiger partial charge in [-0.25, -0.2) is 0 Å². The van der Waals surface area contributed by atoms with Crippen molar-refractivity contribution in [3.05, 3.63) is 60.2 Å². The fraction of sp³-hybridized carbons (Fsp3) is 0. The van der Waals surface area contributed by atoms with Crippen molar-refractivity contribution in [1.29, 1.82) is 0 Å². The summed E-state index contributed by atoms with van der Waals surface area (Å²) in [5.41, 5.74) is 8.87. The first-order valence-electron chi connectivity index (χ1n) is 6.68. The molecule has 2 aromatic carbocycles. The van der Waals surface area contributed by atoms with Crippen molar-refractivity contribution in [3.63, 3.8) is 0 Å². The van der Waals surface area contributed by atoms with Crippen LogP contribution in [0.2, 0.25) is 0 Å². The molecule has 0 spiro atoms. The molecule has 0 atom stereocenters. The summed E-state index contributed by atoms with van der Waals surface area (Å²) in [5, 5.41) is 8.89. The van der Waals surface area contributed by atoms with Gasteiger partial charge in [0.15, 0.2) is 0 Å². The molecule has 0 bridgehead atoms. The molecule has 0 radical (unpaired) electrons. The van der Waals surface area contributed by atoms with Crippen molar-refractivity contribution >= 4 is 49.3 Å². The quantitative estimate of drug-likeness (QED) is 0.523. The molecule has 4 aromatic rings. The van der Waals surface area contributed by atoms with E-state index in [-0.39, 0.29) is 0 Å². The van der Waals surface area contributed by atoms with Crippen LogP contribution in [-0.4, -0.2) is 4.98 Å². The monoisotopic (exact) mass is 291 g/mol. The number of rotatable bonds is 2. The summed E-state index contributed by atoms with van der Waals surface area (Å²) in [6.45, 7) is 0. The number of pyridine rings is 1. The summed E-state index contributed by atoms with van der Waals surface area (Å²) in [4.78, 5) is 4.15. The van der Waals surface area contributed by atoms with Gasteiger partial charge in [-0.05, 0) is 53.2 Å². The lowest BCUT2D eigenvalue weighted by Crippen LogP contribution is -1.94. The number of thiophene rings is 1. The van der Waals surface area contributed by atoms with Gasteiger partial charge >= 0.3 is 0 Å². The van der Waals surface area contributed by atoms with Gasteiger partial charge in [-0.3, -0.25) is 4.98 Å². The molecule has 3 nitrogen and oxygen atoms in total. The Morgan fingerprint density at radius 3 is 2.90 bits per heavy atom. The number of nitrogens with one attached hydrogen (secondary N) is 1. The average molecular weight is 291 g/mol. The highest BCUT2D eigenvalue weighted by atomic mass is 32.1. The van der Waals surface area contributed by atoms with Gasteiger partial charge in [0.2, 0.25) is 0 Å². The molecular formula is C17H13N3S. The Labute approximate surface area is 126 Å². The number of nitrogen functional groups attached to an aromatic ring is 1. The molecule has 4 rings (SSSR count). The number of nitrogens with two attached hydrogens (primary N) is 1. The lowest BCUT2D eigenvalue weighted by Gasteiger charge is -2.11. The minimum Gasteiger partial charge on any atom is -0.398 e. The van der Waals surface area contributed by atoms with Crippen LogP contribution in [0.1, 0.15) is 0 Å². The minimum absolute atomic E-state index is 0.747.